The van der Waals surface area contributed by atoms with Crippen LogP contribution in [0.25, 0.3) is 16.6 Å². The number of hydrogen-bond acceptors (Lipinski definition) is 4. The molecule has 1 aliphatic heterocycles. The Morgan fingerprint density at radius 1 is 0.941 bits per heavy atom. The van der Waals surface area contributed by atoms with Crippen LogP contribution in [0, 0.1) is 18.6 Å². The van der Waals surface area contributed by atoms with Gasteiger partial charge in [-0.25, -0.2) is 21.9 Å². The highest BCUT2D eigenvalue weighted by Crippen LogP contribution is 2.28. The topological polar surface area (TPSA) is 58.4 Å². The van der Waals surface area contributed by atoms with Crippen LogP contribution < -0.4 is 4.90 Å². The third-order valence-corrected chi connectivity index (χ3v) is 8.30. The Morgan fingerprint density at radius 3 is 2.38 bits per heavy atom. The lowest BCUT2D eigenvalue weighted by Gasteiger charge is -2.40. The molecule has 3 aromatic carbocycles. The van der Waals surface area contributed by atoms with E-state index in [0.29, 0.717) is 25.2 Å². The summed E-state index contributed by atoms with van der Waals surface area (Å²) >= 11 is 0. The number of piperazine rings is 1. The summed E-state index contributed by atoms with van der Waals surface area (Å²) in [5, 5.41) is 5.39. The molecule has 0 bridgehead atoms. The zero-order valence-corrected chi connectivity index (χ0v) is 19.6. The van der Waals surface area contributed by atoms with Crippen LogP contribution in [-0.4, -0.2) is 48.2 Å². The van der Waals surface area contributed by atoms with Crippen molar-refractivity contribution in [1.82, 2.24) is 14.1 Å². The van der Waals surface area contributed by atoms with Gasteiger partial charge in [0.15, 0.2) is 0 Å². The third kappa shape index (κ3) is 3.95. The quantitative estimate of drug-likeness (QED) is 0.430. The van der Waals surface area contributed by atoms with Crippen molar-refractivity contribution >= 4 is 26.6 Å². The molecule has 1 fully saturated rings. The molecule has 6 nitrogen and oxygen atoms in total. The Kier molecular flexibility index (Phi) is 5.61. The minimum atomic E-state index is -3.72. The second kappa shape index (κ2) is 8.48. The van der Waals surface area contributed by atoms with E-state index < -0.39 is 15.8 Å². The largest absolute Gasteiger partial charge is 0.369 e. The second-order valence-electron chi connectivity index (χ2n) is 8.60. The molecule has 5 rings (SSSR count). The molecule has 0 amide bonds. The predicted molar refractivity (Wildman–Crippen MR) is 128 cm³/mol. The summed E-state index contributed by atoms with van der Waals surface area (Å²) in [7, 11) is -3.72. The van der Waals surface area contributed by atoms with E-state index >= 15 is 0 Å². The van der Waals surface area contributed by atoms with Gasteiger partial charge in [0.25, 0.3) is 0 Å². The van der Waals surface area contributed by atoms with Crippen LogP contribution in [0.15, 0.2) is 71.8 Å². The lowest BCUT2D eigenvalue weighted by molar-refractivity contribution is 0.306. The van der Waals surface area contributed by atoms with Gasteiger partial charge in [-0.2, -0.15) is 9.40 Å². The number of fused-ring (bicyclic) bond motifs is 1. The predicted octanol–water partition coefficient (Wildman–Crippen LogP) is 4.51. The van der Waals surface area contributed by atoms with Crippen LogP contribution in [-0.2, 0) is 10.0 Å². The number of benzene rings is 3. The first-order valence-electron chi connectivity index (χ1n) is 11.0. The third-order valence-electron chi connectivity index (χ3n) is 6.29. The molecule has 1 atom stereocenters. The van der Waals surface area contributed by atoms with Crippen molar-refractivity contribution in [3.05, 3.63) is 84.1 Å². The summed E-state index contributed by atoms with van der Waals surface area (Å²) in [6.45, 7) is 4.82. The highest BCUT2D eigenvalue weighted by atomic mass is 32.2. The van der Waals surface area contributed by atoms with Crippen molar-refractivity contribution in [3.63, 3.8) is 0 Å². The van der Waals surface area contributed by atoms with E-state index in [2.05, 4.69) is 10.00 Å². The van der Waals surface area contributed by atoms with Crippen molar-refractivity contribution in [3.8, 4) is 5.69 Å². The van der Waals surface area contributed by atoms with Gasteiger partial charge in [-0.15, -0.1) is 0 Å². The minimum Gasteiger partial charge on any atom is -0.369 e. The SMILES string of the molecule is Cc1cc(S(=O)(=O)N2CCN(c3ccc4c(cnn4-c4ccc(F)cc4)c3)C[C@H]2C)ccc1F. The van der Waals surface area contributed by atoms with Crippen LogP contribution in [0.5, 0.6) is 0 Å². The van der Waals surface area contributed by atoms with Crippen molar-refractivity contribution < 1.29 is 17.2 Å². The molecule has 1 saturated heterocycles. The maximum atomic E-state index is 13.6. The molecule has 0 saturated carbocycles. The molecule has 0 N–H and O–H groups in total. The summed E-state index contributed by atoms with van der Waals surface area (Å²) in [6, 6.07) is 15.8. The van der Waals surface area contributed by atoms with Crippen LogP contribution >= 0.6 is 0 Å². The standard InChI is InChI=1S/C25H24F2N4O2S/c1-17-13-23(8-9-24(17)27)34(32,33)30-12-11-29(16-18(30)2)22-7-10-25-19(14-22)15-28-31(25)21-5-3-20(26)4-6-21/h3-10,13-15,18H,11-12,16H2,1-2H3/t18-/m1/s1. The summed E-state index contributed by atoms with van der Waals surface area (Å²) < 4.78 is 56.5. The van der Waals surface area contributed by atoms with E-state index in [0.717, 1.165) is 22.3 Å². The monoisotopic (exact) mass is 482 g/mol. The molecular weight excluding hydrogens is 458 g/mol. The molecule has 2 heterocycles. The van der Waals surface area contributed by atoms with E-state index in [-0.39, 0.29) is 16.8 Å². The molecule has 34 heavy (non-hydrogen) atoms. The molecule has 1 aliphatic rings. The Hall–Kier alpha value is -3.30. The van der Waals surface area contributed by atoms with E-state index in [9.17, 15) is 17.2 Å². The number of halogens is 2. The van der Waals surface area contributed by atoms with Crippen molar-refractivity contribution in [2.45, 2.75) is 24.8 Å². The summed E-state index contributed by atoms with van der Waals surface area (Å²) in [6.07, 6.45) is 1.77. The Labute approximate surface area is 197 Å². The number of nitrogens with zero attached hydrogens (tertiary/aromatic N) is 4. The van der Waals surface area contributed by atoms with Gasteiger partial charge in [0.1, 0.15) is 11.6 Å². The Morgan fingerprint density at radius 2 is 1.68 bits per heavy atom. The van der Waals surface area contributed by atoms with Crippen LogP contribution in [0.3, 0.4) is 0 Å². The lowest BCUT2D eigenvalue weighted by atomic mass is 10.1. The molecular formula is C25H24F2N4O2S. The number of anilines is 1. The fraction of sp³-hybridized carbons (Fsp3) is 0.240. The second-order valence-corrected chi connectivity index (χ2v) is 10.5. The number of hydrogen-bond donors (Lipinski definition) is 0. The summed E-state index contributed by atoms with van der Waals surface area (Å²) in [4.78, 5) is 2.27. The molecule has 0 aliphatic carbocycles. The summed E-state index contributed by atoms with van der Waals surface area (Å²) in [5.41, 5.74) is 2.96. The zero-order chi connectivity index (χ0) is 24.0. The fourth-order valence-corrected chi connectivity index (χ4v) is 6.15. The normalized spacial score (nSPS) is 17.4. The maximum absolute atomic E-state index is 13.6. The van der Waals surface area contributed by atoms with Crippen molar-refractivity contribution in [2.75, 3.05) is 24.5 Å². The molecule has 1 aromatic heterocycles. The average Bonchev–Trinajstić information content (AvgIpc) is 3.24. The fourth-order valence-electron chi connectivity index (χ4n) is 4.45. The number of aryl methyl sites for hydroxylation is 1. The van der Waals surface area contributed by atoms with Gasteiger partial charge in [0.05, 0.1) is 22.3 Å². The molecule has 9 heteroatoms. The van der Waals surface area contributed by atoms with Gasteiger partial charge in [-0.1, -0.05) is 0 Å². The van der Waals surface area contributed by atoms with Gasteiger partial charge in [-0.05, 0) is 80.1 Å². The van der Waals surface area contributed by atoms with Gasteiger partial charge in [-0.3, -0.25) is 0 Å². The van der Waals surface area contributed by atoms with E-state index in [1.54, 1.807) is 29.9 Å². The van der Waals surface area contributed by atoms with E-state index in [1.807, 2.05) is 25.1 Å². The first-order valence-corrected chi connectivity index (χ1v) is 12.4. The van der Waals surface area contributed by atoms with Gasteiger partial charge in [0, 0.05) is 36.7 Å². The molecule has 0 spiro atoms. The number of sulfonamides is 1. The Bertz CT molecular complexity index is 1470. The maximum Gasteiger partial charge on any atom is 0.243 e. The first kappa shape index (κ1) is 22.5. The minimum absolute atomic E-state index is 0.112. The highest BCUT2D eigenvalue weighted by Gasteiger charge is 2.34. The van der Waals surface area contributed by atoms with E-state index in [4.69, 9.17) is 0 Å². The highest BCUT2D eigenvalue weighted by molar-refractivity contribution is 7.89. The van der Waals surface area contributed by atoms with E-state index in [1.165, 1.54) is 34.6 Å². The lowest BCUT2D eigenvalue weighted by Crippen LogP contribution is -2.54. The molecule has 0 radical (unpaired) electrons. The van der Waals surface area contributed by atoms with Gasteiger partial charge < -0.3 is 4.90 Å². The average molecular weight is 483 g/mol. The Balaban J connectivity index is 1.36. The summed E-state index contributed by atoms with van der Waals surface area (Å²) in [5.74, 6) is -0.720. The first-order chi connectivity index (χ1) is 16.2. The van der Waals surface area contributed by atoms with Crippen LogP contribution in [0.2, 0.25) is 0 Å². The van der Waals surface area contributed by atoms with Crippen molar-refractivity contribution in [2.24, 2.45) is 0 Å². The van der Waals surface area contributed by atoms with Gasteiger partial charge in [0.2, 0.25) is 10.0 Å². The number of aromatic nitrogens is 2. The molecule has 0 unspecified atom stereocenters. The van der Waals surface area contributed by atoms with Crippen molar-refractivity contribution in [1.29, 1.82) is 0 Å². The number of rotatable bonds is 4. The van der Waals surface area contributed by atoms with Gasteiger partial charge >= 0.3 is 0 Å². The zero-order valence-electron chi connectivity index (χ0n) is 18.8. The smallest absolute Gasteiger partial charge is 0.243 e. The molecule has 176 valence electrons. The van der Waals surface area contributed by atoms with Crippen LogP contribution in [0.4, 0.5) is 14.5 Å². The van der Waals surface area contributed by atoms with Crippen LogP contribution in [0.1, 0.15) is 12.5 Å². The molecule has 4 aromatic rings.